The summed E-state index contributed by atoms with van der Waals surface area (Å²) in [4.78, 5) is 22.1. The summed E-state index contributed by atoms with van der Waals surface area (Å²) in [7, 11) is 1.34. The Hall–Kier alpha value is -0.860. The molecular weight excluding hydrogens is 168 g/mol. The zero-order valence-corrected chi connectivity index (χ0v) is 8.63. The van der Waals surface area contributed by atoms with Gasteiger partial charge in [-0.25, -0.2) is 0 Å². The second kappa shape index (κ2) is 6.63. The third-order valence-electron chi connectivity index (χ3n) is 2.07. The maximum Gasteiger partial charge on any atom is 0.305 e. The number of carbonyl (C=O) groups excluding carboxylic acids is 2. The first kappa shape index (κ1) is 12.1. The quantitative estimate of drug-likeness (QED) is 0.595. The van der Waals surface area contributed by atoms with Crippen molar-refractivity contribution in [3.63, 3.8) is 0 Å². The van der Waals surface area contributed by atoms with Gasteiger partial charge in [-0.3, -0.25) is 9.59 Å². The van der Waals surface area contributed by atoms with Gasteiger partial charge in [0.15, 0.2) is 0 Å². The van der Waals surface area contributed by atoms with Gasteiger partial charge in [0.2, 0.25) is 0 Å². The van der Waals surface area contributed by atoms with Crippen molar-refractivity contribution < 1.29 is 14.3 Å². The van der Waals surface area contributed by atoms with Crippen LogP contribution in [0.5, 0.6) is 0 Å². The van der Waals surface area contributed by atoms with E-state index in [-0.39, 0.29) is 24.1 Å². The van der Waals surface area contributed by atoms with Crippen LogP contribution in [0.3, 0.4) is 0 Å². The monoisotopic (exact) mass is 186 g/mol. The fourth-order valence-electron chi connectivity index (χ4n) is 1.17. The van der Waals surface area contributed by atoms with E-state index in [0.717, 1.165) is 12.8 Å². The summed E-state index contributed by atoms with van der Waals surface area (Å²) in [5, 5.41) is 0. The number of hydrogen-bond donors (Lipinski definition) is 0. The van der Waals surface area contributed by atoms with Crippen LogP contribution in [0, 0.1) is 5.92 Å². The lowest BCUT2D eigenvalue weighted by atomic mass is 9.98. The van der Waals surface area contributed by atoms with Gasteiger partial charge < -0.3 is 4.74 Å². The summed E-state index contributed by atoms with van der Waals surface area (Å²) in [5.41, 5.74) is 0. The Morgan fingerprint density at radius 2 is 1.92 bits per heavy atom. The summed E-state index contributed by atoms with van der Waals surface area (Å²) in [6.45, 7) is 3.95. The molecule has 0 spiro atoms. The molecule has 0 saturated carbocycles. The van der Waals surface area contributed by atoms with Crippen LogP contribution in [0.4, 0.5) is 0 Å². The molecule has 0 amide bonds. The Kier molecular flexibility index (Phi) is 6.20. The number of Topliss-reactive ketones (excluding diaryl/α,β-unsaturated/α-hetero) is 1. The molecule has 0 aromatic carbocycles. The van der Waals surface area contributed by atoms with Crippen LogP contribution in [0.25, 0.3) is 0 Å². The molecule has 0 aliphatic carbocycles. The molecule has 0 saturated heterocycles. The minimum Gasteiger partial charge on any atom is -0.469 e. The molecule has 0 aliphatic rings. The van der Waals surface area contributed by atoms with Gasteiger partial charge in [-0.05, 0) is 6.42 Å². The van der Waals surface area contributed by atoms with E-state index in [4.69, 9.17) is 0 Å². The van der Waals surface area contributed by atoms with Crippen molar-refractivity contribution in [1.82, 2.24) is 0 Å². The molecule has 3 nitrogen and oxygen atoms in total. The highest BCUT2D eigenvalue weighted by atomic mass is 16.5. The second-order valence-electron chi connectivity index (χ2n) is 3.23. The average Bonchev–Trinajstić information content (AvgIpc) is 2.13. The van der Waals surface area contributed by atoms with Crippen LogP contribution in [0.1, 0.15) is 39.5 Å². The molecule has 0 N–H and O–H groups in total. The molecule has 0 heterocycles. The Balaban J connectivity index is 3.67. The molecule has 0 fully saturated rings. The maximum atomic E-state index is 11.3. The lowest BCUT2D eigenvalue weighted by molar-refractivity contribution is -0.142. The summed E-state index contributed by atoms with van der Waals surface area (Å²) >= 11 is 0. The largest absolute Gasteiger partial charge is 0.469 e. The molecule has 13 heavy (non-hydrogen) atoms. The second-order valence-corrected chi connectivity index (χ2v) is 3.23. The first-order valence-electron chi connectivity index (χ1n) is 4.71. The van der Waals surface area contributed by atoms with Gasteiger partial charge in [-0.2, -0.15) is 0 Å². The zero-order chi connectivity index (χ0) is 10.3. The molecule has 0 rings (SSSR count). The summed E-state index contributed by atoms with van der Waals surface area (Å²) in [6, 6.07) is 0. The van der Waals surface area contributed by atoms with Gasteiger partial charge in [0.25, 0.3) is 0 Å². The molecule has 0 aromatic rings. The number of methoxy groups -OCH3 is 1. The van der Waals surface area contributed by atoms with E-state index in [0.29, 0.717) is 6.42 Å². The minimum absolute atomic E-state index is 0.0784. The highest BCUT2D eigenvalue weighted by Gasteiger charge is 2.13. The fraction of sp³-hybridized carbons (Fsp3) is 0.800. The summed E-state index contributed by atoms with van der Waals surface area (Å²) in [5.74, 6) is -0.0704. The predicted molar refractivity (Wildman–Crippen MR) is 50.3 cm³/mol. The Bertz CT molecular complexity index is 175. The Morgan fingerprint density at radius 3 is 2.38 bits per heavy atom. The van der Waals surface area contributed by atoms with Crippen LogP contribution in [0.2, 0.25) is 0 Å². The van der Waals surface area contributed by atoms with Crippen molar-refractivity contribution in [1.29, 1.82) is 0 Å². The van der Waals surface area contributed by atoms with Gasteiger partial charge >= 0.3 is 5.97 Å². The average molecular weight is 186 g/mol. The number of ketones is 1. The summed E-state index contributed by atoms with van der Waals surface area (Å²) in [6.07, 6.45) is 2.43. The molecule has 0 radical (unpaired) electrons. The molecule has 0 aromatic heterocycles. The van der Waals surface area contributed by atoms with E-state index >= 15 is 0 Å². The number of esters is 1. The first-order valence-corrected chi connectivity index (χ1v) is 4.71. The molecular formula is C10H18O3. The topological polar surface area (TPSA) is 43.4 Å². The van der Waals surface area contributed by atoms with Crippen molar-refractivity contribution in [3.8, 4) is 0 Å². The van der Waals surface area contributed by atoms with Crippen molar-refractivity contribution >= 4 is 11.8 Å². The van der Waals surface area contributed by atoms with Gasteiger partial charge in [-0.15, -0.1) is 0 Å². The van der Waals surface area contributed by atoms with Crippen LogP contribution in [-0.4, -0.2) is 18.9 Å². The third-order valence-corrected chi connectivity index (χ3v) is 2.07. The van der Waals surface area contributed by atoms with Gasteiger partial charge in [-0.1, -0.05) is 20.3 Å². The van der Waals surface area contributed by atoms with Crippen LogP contribution >= 0.6 is 0 Å². The minimum atomic E-state index is -0.308. The lowest BCUT2D eigenvalue weighted by Crippen LogP contribution is -2.13. The first-order chi connectivity index (χ1) is 6.11. The third kappa shape index (κ3) is 5.39. The van der Waals surface area contributed by atoms with Crippen LogP contribution < -0.4 is 0 Å². The van der Waals surface area contributed by atoms with E-state index in [2.05, 4.69) is 4.74 Å². The van der Waals surface area contributed by atoms with E-state index in [1.807, 2.05) is 13.8 Å². The van der Waals surface area contributed by atoms with Gasteiger partial charge in [0.05, 0.1) is 13.5 Å². The van der Waals surface area contributed by atoms with E-state index in [9.17, 15) is 9.59 Å². The normalized spacial score (nSPS) is 12.2. The summed E-state index contributed by atoms with van der Waals surface area (Å²) < 4.78 is 4.45. The number of rotatable bonds is 6. The van der Waals surface area contributed by atoms with Crippen molar-refractivity contribution in [2.45, 2.75) is 39.5 Å². The standard InChI is InChI=1S/C10H18O3/c1-4-5-8(2)9(11)6-7-10(12)13-3/h8H,4-7H2,1-3H3. The van der Waals surface area contributed by atoms with Crippen molar-refractivity contribution in [2.75, 3.05) is 7.11 Å². The molecule has 1 atom stereocenters. The van der Waals surface area contributed by atoms with E-state index in [1.165, 1.54) is 7.11 Å². The lowest BCUT2D eigenvalue weighted by Gasteiger charge is -2.07. The number of hydrogen-bond acceptors (Lipinski definition) is 3. The van der Waals surface area contributed by atoms with Gasteiger partial charge in [0.1, 0.15) is 5.78 Å². The van der Waals surface area contributed by atoms with Crippen LogP contribution in [-0.2, 0) is 14.3 Å². The number of ether oxygens (including phenoxy) is 1. The van der Waals surface area contributed by atoms with E-state index < -0.39 is 0 Å². The molecule has 3 heteroatoms. The highest BCUT2D eigenvalue weighted by molar-refractivity contribution is 5.84. The molecule has 76 valence electrons. The molecule has 0 aliphatic heterocycles. The highest BCUT2D eigenvalue weighted by Crippen LogP contribution is 2.10. The SMILES string of the molecule is CCCC(C)C(=O)CCC(=O)OC. The van der Waals surface area contributed by atoms with E-state index in [1.54, 1.807) is 0 Å². The van der Waals surface area contributed by atoms with Crippen molar-refractivity contribution in [3.05, 3.63) is 0 Å². The smallest absolute Gasteiger partial charge is 0.305 e. The zero-order valence-electron chi connectivity index (χ0n) is 8.63. The van der Waals surface area contributed by atoms with Crippen molar-refractivity contribution in [2.24, 2.45) is 5.92 Å². The fourth-order valence-corrected chi connectivity index (χ4v) is 1.17. The molecule has 1 unspecified atom stereocenters. The maximum absolute atomic E-state index is 11.3. The predicted octanol–water partition coefficient (Wildman–Crippen LogP) is 1.94. The number of carbonyl (C=O) groups is 2. The molecule has 0 bridgehead atoms. The van der Waals surface area contributed by atoms with Gasteiger partial charge in [0, 0.05) is 12.3 Å². The Morgan fingerprint density at radius 1 is 1.31 bits per heavy atom. The Labute approximate surface area is 79.5 Å². The van der Waals surface area contributed by atoms with Crippen LogP contribution in [0.15, 0.2) is 0 Å².